The van der Waals surface area contributed by atoms with E-state index in [-0.39, 0.29) is 18.4 Å². The molecule has 2 N–H and O–H groups in total. The number of hydrogen-bond acceptors (Lipinski definition) is 5. The Labute approximate surface area is 200 Å². The molecule has 0 atom stereocenters. The van der Waals surface area contributed by atoms with E-state index in [4.69, 9.17) is 4.42 Å². The van der Waals surface area contributed by atoms with Gasteiger partial charge in [0, 0.05) is 28.7 Å². The summed E-state index contributed by atoms with van der Waals surface area (Å²) in [6.07, 6.45) is 3.65. The van der Waals surface area contributed by atoms with Gasteiger partial charge in [0.2, 0.25) is 5.91 Å². The number of furan rings is 1. The van der Waals surface area contributed by atoms with E-state index >= 15 is 0 Å². The lowest BCUT2D eigenvalue weighted by Crippen LogP contribution is -2.32. The van der Waals surface area contributed by atoms with Crippen molar-refractivity contribution in [3.8, 4) is 0 Å². The highest BCUT2D eigenvalue weighted by Gasteiger charge is 2.23. The first-order valence-corrected chi connectivity index (χ1v) is 11.8. The average Bonchev–Trinajstić information content (AvgIpc) is 3.47. The van der Waals surface area contributed by atoms with Crippen molar-refractivity contribution in [1.29, 1.82) is 0 Å². The molecule has 2 aromatic carbocycles. The zero-order valence-corrected chi connectivity index (χ0v) is 19.2. The van der Waals surface area contributed by atoms with Gasteiger partial charge in [-0.1, -0.05) is 23.9 Å². The first-order valence-electron chi connectivity index (χ1n) is 10.9. The Hall–Kier alpha value is -3.17. The van der Waals surface area contributed by atoms with E-state index in [9.17, 15) is 18.4 Å². The molecule has 2 amide bonds. The molecule has 1 heterocycles. The molecule has 0 unspecified atom stereocenters. The third kappa shape index (κ3) is 7.43. The smallest absolute Gasteiger partial charge is 0.288 e. The molecule has 9 heteroatoms. The van der Waals surface area contributed by atoms with Gasteiger partial charge >= 0.3 is 0 Å². The van der Waals surface area contributed by atoms with E-state index in [2.05, 4.69) is 10.6 Å². The first kappa shape index (κ1) is 24.0. The monoisotopic (exact) mass is 485 g/mol. The fourth-order valence-corrected chi connectivity index (χ4v) is 3.93. The number of carbonyl (C=O) groups excluding carboxylic acids is 2. The highest BCUT2D eigenvalue weighted by atomic mass is 32.2. The normalized spacial score (nSPS) is 13.3. The van der Waals surface area contributed by atoms with Crippen molar-refractivity contribution < 1.29 is 22.8 Å². The van der Waals surface area contributed by atoms with Crippen LogP contribution in [0.3, 0.4) is 0 Å². The van der Waals surface area contributed by atoms with Gasteiger partial charge in [-0.3, -0.25) is 14.5 Å². The van der Waals surface area contributed by atoms with Crippen molar-refractivity contribution >= 4 is 29.3 Å². The number of benzene rings is 2. The molecule has 3 aromatic rings. The van der Waals surface area contributed by atoms with Crippen molar-refractivity contribution in [1.82, 2.24) is 10.2 Å². The molecular weight excluding hydrogens is 460 g/mol. The highest BCUT2D eigenvalue weighted by Crippen LogP contribution is 2.26. The van der Waals surface area contributed by atoms with Gasteiger partial charge in [0.25, 0.3) is 11.7 Å². The van der Waals surface area contributed by atoms with E-state index in [1.54, 1.807) is 48.7 Å². The van der Waals surface area contributed by atoms with Crippen molar-refractivity contribution in [2.75, 3.05) is 11.9 Å². The molecule has 0 saturated heterocycles. The third-order valence-corrected chi connectivity index (χ3v) is 5.95. The number of nitrogens with one attached hydrogen (secondary N) is 2. The second kappa shape index (κ2) is 11.3. The largest absolute Gasteiger partial charge is 0.468 e. The molecule has 0 aliphatic heterocycles. The maximum atomic E-state index is 12.7. The minimum Gasteiger partial charge on any atom is -0.468 e. The topological polar surface area (TPSA) is 74.6 Å². The van der Waals surface area contributed by atoms with Gasteiger partial charge in [0.1, 0.15) is 5.76 Å². The second-order valence-electron chi connectivity index (χ2n) is 8.12. The lowest BCUT2D eigenvalue weighted by molar-refractivity contribution is -0.117. The molecule has 0 spiro atoms. The average molecular weight is 486 g/mol. The molecule has 1 saturated carbocycles. The number of rotatable bonds is 11. The number of anilines is 1. The van der Waals surface area contributed by atoms with Gasteiger partial charge in [0.05, 0.1) is 19.4 Å². The van der Waals surface area contributed by atoms with E-state index in [0.717, 1.165) is 24.2 Å². The Kier molecular flexibility index (Phi) is 7.97. The molecule has 4 rings (SSSR count). The van der Waals surface area contributed by atoms with E-state index < -0.39 is 5.76 Å². The van der Waals surface area contributed by atoms with Gasteiger partial charge < -0.3 is 15.1 Å². The Balaban J connectivity index is 1.37. The fourth-order valence-electron chi connectivity index (χ4n) is 3.43. The van der Waals surface area contributed by atoms with Crippen LogP contribution in [0.25, 0.3) is 0 Å². The van der Waals surface area contributed by atoms with Crippen LogP contribution in [0.5, 0.6) is 0 Å². The molecule has 1 aliphatic rings. The van der Waals surface area contributed by atoms with Crippen LogP contribution in [-0.4, -0.2) is 35.1 Å². The molecule has 34 heavy (non-hydrogen) atoms. The number of alkyl halides is 2. The van der Waals surface area contributed by atoms with Gasteiger partial charge in [-0.05, 0) is 66.9 Å². The van der Waals surface area contributed by atoms with E-state index in [0.29, 0.717) is 47.0 Å². The van der Waals surface area contributed by atoms with Crippen LogP contribution >= 0.6 is 11.8 Å². The fraction of sp³-hybridized carbons (Fsp3) is 0.280. The maximum Gasteiger partial charge on any atom is 0.288 e. The van der Waals surface area contributed by atoms with E-state index in [1.807, 2.05) is 23.1 Å². The van der Waals surface area contributed by atoms with Crippen molar-refractivity contribution in [3.63, 3.8) is 0 Å². The highest BCUT2D eigenvalue weighted by molar-refractivity contribution is 7.99. The van der Waals surface area contributed by atoms with Gasteiger partial charge in [0.15, 0.2) is 0 Å². The summed E-state index contributed by atoms with van der Waals surface area (Å²) < 4.78 is 30.4. The van der Waals surface area contributed by atoms with Gasteiger partial charge in [-0.25, -0.2) is 0 Å². The van der Waals surface area contributed by atoms with Crippen LogP contribution in [-0.2, 0) is 17.9 Å². The van der Waals surface area contributed by atoms with Crippen molar-refractivity contribution in [2.24, 2.45) is 0 Å². The Morgan fingerprint density at radius 1 is 1.03 bits per heavy atom. The molecular formula is C25H25F2N3O3S. The number of nitrogens with zero attached hydrogens (tertiary/aromatic N) is 1. The Bertz CT molecular complexity index is 1090. The van der Waals surface area contributed by atoms with Crippen molar-refractivity contribution in [2.45, 2.75) is 42.6 Å². The second-order valence-corrected chi connectivity index (χ2v) is 9.18. The standard InChI is InChI=1S/C25H25F2N3O3S/c26-25(27)34-22-11-9-19(10-12-22)28-23(31)16-30(15-21-2-1-13-33-21)14-17-3-5-18(6-4-17)24(32)29-20-7-8-20/h1-6,9-13,20,25H,7-8,14-16H2,(H,28,31)(H,29,32). The van der Waals surface area contributed by atoms with Crippen molar-refractivity contribution in [3.05, 3.63) is 83.8 Å². The first-order chi connectivity index (χ1) is 16.4. The Morgan fingerprint density at radius 3 is 2.38 bits per heavy atom. The number of hydrogen-bond donors (Lipinski definition) is 2. The molecule has 6 nitrogen and oxygen atoms in total. The zero-order chi connectivity index (χ0) is 23.9. The predicted molar refractivity (Wildman–Crippen MR) is 127 cm³/mol. The van der Waals surface area contributed by atoms with Gasteiger partial charge in [-0.15, -0.1) is 0 Å². The summed E-state index contributed by atoms with van der Waals surface area (Å²) >= 11 is 0.459. The van der Waals surface area contributed by atoms with Crippen LogP contribution < -0.4 is 10.6 Å². The summed E-state index contributed by atoms with van der Waals surface area (Å²) in [5, 5.41) is 5.77. The van der Waals surface area contributed by atoms with Crippen LogP contribution in [0.1, 0.15) is 34.5 Å². The zero-order valence-electron chi connectivity index (χ0n) is 18.4. The van der Waals surface area contributed by atoms with E-state index in [1.165, 1.54) is 0 Å². The number of amides is 2. The molecule has 0 radical (unpaired) electrons. The molecule has 1 aliphatic carbocycles. The summed E-state index contributed by atoms with van der Waals surface area (Å²) in [6, 6.07) is 17.6. The molecule has 1 fully saturated rings. The van der Waals surface area contributed by atoms with Crippen LogP contribution in [0.15, 0.2) is 76.2 Å². The molecule has 0 bridgehead atoms. The predicted octanol–water partition coefficient (Wildman–Crippen LogP) is 5.13. The summed E-state index contributed by atoms with van der Waals surface area (Å²) in [7, 11) is 0. The number of halogens is 2. The minimum atomic E-state index is -2.49. The summed E-state index contributed by atoms with van der Waals surface area (Å²) in [5.41, 5.74) is 2.10. The molecule has 1 aromatic heterocycles. The lowest BCUT2D eigenvalue weighted by Gasteiger charge is -2.21. The quantitative estimate of drug-likeness (QED) is 0.369. The summed E-state index contributed by atoms with van der Waals surface area (Å²) in [5.74, 6) is -2.07. The van der Waals surface area contributed by atoms with Crippen LogP contribution in [0.2, 0.25) is 0 Å². The maximum absolute atomic E-state index is 12.7. The van der Waals surface area contributed by atoms with Gasteiger partial charge in [-0.2, -0.15) is 8.78 Å². The summed E-state index contributed by atoms with van der Waals surface area (Å²) in [6.45, 7) is 0.995. The third-order valence-electron chi connectivity index (χ3n) is 5.22. The number of thioether (sulfide) groups is 1. The van der Waals surface area contributed by atoms with Crippen LogP contribution in [0.4, 0.5) is 14.5 Å². The number of carbonyl (C=O) groups is 2. The Morgan fingerprint density at radius 2 is 1.76 bits per heavy atom. The molecule has 178 valence electrons. The minimum absolute atomic E-state index is 0.0705. The SMILES string of the molecule is O=C(CN(Cc1ccc(C(=O)NC2CC2)cc1)Cc1ccco1)Nc1ccc(SC(F)F)cc1. The lowest BCUT2D eigenvalue weighted by atomic mass is 10.1. The summed E-state index contributed by atoms with van der Waals surface area (Å²) in [4.78, 5) is 27.3. The van der Waals surface area contributed by atoms with Crippen LogP contribution in [0, 0.1) is 0 Å².